The fraction of sp³-hybridized carbons (Fsp3) is 0.160. The second-order valence-corrected chi connectivity index (χ2v) is 8.03. The number of pyridine rings is 1. The second kappa shape index (κ2) is 8.85. The maximum atomic E-state index is 13.5. The smallest absolute Gasteiger partial charge is 0.278 e. The van der Waals surface area contributed by atoms with E-state index in [-0.39, 0.29) is 18.1 Å². The quantitative estimate of drug-likeness (QED) is 0.552. The molecule has 0 atom stereocenters. The van der Waals surface area contributed by atoms with Crippen LogP contribution in [0.1, 0.15) is 22.3 Å². The van der Waals surface area contributed by atoms with Crippen molar-refractivity contribution < 1.29 is 14.3 Å². The van der Waals surface area contributed by atoms with E-state index in [4.69, 9.17) is 16.3 Å². The Balaban J connectivity index is 1.82. The lowest BCUT2D eigenvalue weighted by atomic mass is 9.97. The van der Waals surface area contributed by atoms with Crippen LogP contribution in [-0.4, -0.2) is 28.8 Å². The highest BCUT2D eigenvalue weighted by atomic mass is 35.5. The van der Waals surface area contributed by atoms with Gasteiger partial charge in [-0.05, 0) is 54.8 Å². The number of aromatic nitrogens is 1. The van der Waals surface area contributed by atoms with Crippen molar-refractivity contribution in [3.8, 4) is 5.75 Å². The second-order valence-electron chi connectivity index (χ2n) is 7.60. The number of hydrogen-bond acceptors (Lipinski definition) is 5. The number of carbonyl (C=O) groups is 2. The normalized spacial score (nSPS) is 13.7. The lowest BCUT2D eigenvalue weighted by molar-refractivity contribution is -0.137. The van der Waals surface area contributed by atoms with Gasteiger partial charge < -0.3 is 10.1 Å². The monoisotopic (exact) mass is 447 g/mol. The van der Waals surface area contributed by atoms with Crippen LogP contribution in [0.25, 0.3) is 5.57 Å². The average molecular weight is 448 g/mol. The zero-order chi connectivity index (χ0) is 22.8. The van der Waals surface area contributed by atoms with E-state index in [0.29, 0.717) is 27.6 Å². The van der Waals surface area contributed by atoms with Crippen LogP contribution in [0.5, 0.6) is 5.75 Å². The fourth-order valence-electron chi connectivity index (χ4n) is 3.77. The molecule has 0 radical (unpaired) electrons. The number of carbonyl (C=O) groups excluding carboxylic acids is 2. The van der Waals surface area contributed by atoms with Crippen LogP contribution in [0.4, 0.5) is 5.69 Å². The summed E-state index contributed by atoms with van der Waals surface area (Å²) in [6.45, 7) is 4.03. The molecule has 2 aromatic carbocycles. The molecule has 1 aliphatic heterocycles. The van der Waals surface area contributed by atoms with Crippen LogP contribution >= 0.6 is 11.6 Å². The molecule has 162 valence electrons. The van der Waals surface area contributed by atoms with E-state index in [9.17, 15) is 9.59 Å². The number of nitrogens with one attached hydrogen (secondary N) is 1. The molecule has 2 amide bonds. The van der Waals surface area contributed by atoms with Crippen LogP contribution < -0.4 is 10.1 Å². The summed E-state index contributed by atoms with van der Waals surface area (Å²) in [5.41, 5.74) is 4.44. The number of methoxy groups -OCH3 is 1. The number of aryl methyl sites for hydroxylation is 2. The Hall–Kier alpha value is -3.64. The summed E-state index contributed by atoms with van der Waals surface area (Å²) in [5, 5.41) is 3.61. The van der Waals surface area contributed by atoms with Gasteiger partial charge in [-0.2, -0.15) is 0 Å². The largest absolute Gasteiger partial charge is 0.495 e. The molecule has 6 nitrogen and oxygen atoms in total. The molecule has 0 aliphatic carbocycles. The van der Waals surface area contributed by atoms with Gasteiger partial charge >= 0.3 is 0 Å². The first-order chi connectivity index (χ1) is 15.4. The third-order valence-corrected chi connectivity index (χ3v) is 5.54. The number of benzene rings is 2. The maximum absolute atomic E-state index is 13.5. The third-order valence-electron chi connectivity index (χ3n) is 5.30. The highest BCUT2D eigenvalue weighted by Crippen LogP contribution is 2.36. The number of rotatable bonds is 6. The average Bonchev–Trinajstić information content (AvgIpc) is 2.99. The Kier molecular flexibility index (Phi) is 5.97. The SMILES string of the molecule is COc1ccc(Cl)cc1NC1=C(c2ccc(C)cc2C)C(=O)N(Cc2cccnc2)C1=O. The van der Waals surface area contributed by atoms with Crippen molar-refractivity contribution in [3.63, 3.8) is 0 Å². The van der Waals surface area contributed by atoms with Crippen LogP contribution in [-0.2, 0) is 16.1 Å². The molecule has 0 bridgehead atoms. The molecule has 1 aromatic heterocycles. The van der Waals surface area contributed by atoms with E-state index in [1.807, 2.05) is 38.1 Å². The first-order valence-electron chi connectivity index (χ1n) is 10.1. The molecule has 0 unspecified atom stereocenters. The molecule has 4 rings (SSSR count). The van der Waals surface area contributed by atoms with E-state index >= 15 is 0 Å². The summed E-state index contributed by atoms with van der Waals surface area (Å²) in [7, 11) is 1.53. The first-order valence-corrected chi connectivity index (χ1v) is 10.4. The van der Waals surface area contributed by atoms with Crippen molar-refractivity contribution in [2.45, 2.75) is 20.4 Å². The van der Waals surface area contributed by atoms with Crippen LogP contribution in [0.2, 0.25) is 5.02 Å². The molecule has 32 heavy (non-hydrogen) atoms. The van der Waals surface area contributed by atoms with Gasteiger partial charge in [-0.3, -0.25) is 19.5 Å². The zero-order valence-electron chi connectivity index (χ0n) is 18.0. The van der Waals surface area contributed by atoms with Crippen molar-refractivity contribution in [3.05, 3.63) is 93.9 Å². The molecular weight excluding hydrogens is 426 g/mol. The Bertz CT molecular complexity index is 1240. The van der Waals surface area contributed by atoms with Crippen molar-refractivity contribution in [1.29, 1.82) is 0 Å². The Morgan fingerprint density at radius 2 is 1.88 bits per heavy atom. The van der Waals surface area contributed by atoms with Crippen LogP contribution in [0, 0.1) is 13.8 Å². The summed E-state index contributed by atoms with van der Waals surface area (Å²) in [4.78, 5) is 32.3. The molecule has 1 aliphatic rings. The zero-order valence-corrected chi connectivity index (χ0v) is 18.7. The molecule has 0 spiro atoms. The predicted molar refractivity (Wildman–Crippen MR) is 124 cm³/mol. The van der Waals surface area contributed by atoms with Gasteiger partial charge in [0.1, 0.15) is 11.4 Å². The van der Waals surface area contributed by atoms with Gasteiger partial charge in [0.2, 0.25) is 0 Å². The molecular formula is C25H22ClN3O3. The molecule has 1 N–H and O–H groups in total. The Morgan fingerprint density at radius 1 is 1.06 bits per heavy atom. The molecule has 0 saturated carbocycles. The van der Waals surface area contributed by atoms with Gasteiger partial charge in [0.05, 0.1) is 24.9 Å². The number of anilines is 1. The van der Waals surface area contributed by atoms with Gasteiger partial charge in [-0.25, -0.2) is 0 Å². The van der Waals surface area contributed by atoms with Gasteiger partial charge in [-0.1, -0.05) is 41.4 Å². The van der Waals surface area contributed by atoms with Crippen molar-refractivity contribution in [1.82, 2.24) is 9.88 Å². The molecule has 7 heteroatoms. The Morgan fingerprint density at radius 3 is 2.56 bits per heavy atom. The van der Waals surface area contributed by atoms with E-state index in [1.54, 1.807) is 36.7 Å². The number of halogens is 1. The molecule has 2 heterocycles. The number of amides is 2. The van der Waals surface area contributed by atoms with Gasteiger partial charge in [-0.15, -0.1) is 0 Å². The molecule has 0 saturated heterocycles. The highest BCUT2D eigenvalue weighted by Gasteiger charge is 2.40. The van der Waals surface area contributed by atoms with E-state index in [2.05, 4.69) is 10.3 Å². The minimum Gasteiger partial charge on any atom is -0.495 e. The van der Waals surface area contributed by atoms with Gasteiger partial charge in [0.15, 0.2) is 0 Å². The minimum atomic E-state index is -0.421. The third kappa shape index (κ3) is 4.09. The highest BCUT2D eigenvalue weighted by molar-refractivity contribution is 6.37. The molecule has 0 fully saturated rings. The lowest BCUT2D eigenvalue weighted by Crippen LogP contribution is -2.32. The van der Waals surface area contributed by atoms with Gasteiger partial charge in [0, 0.05) is 17.4 Å². The number of ether oxygens (including phenoxy) is 1. The lowest BCUT2D eigenvalue weighted by Gasteiger charge is -2.16. The Labute approximate surface area is 191 Å². The minimum absolute atomic E-state index is 0.123. The summed E-state index contributed by atoms with van der Waals surface area (Å²) in [6.07, 6.45) is 3.29. The topological polar surface area (TPSA) is 71.5 Å². The number of hydrogen-bond donors (Lipinski definition) is 1. The van der Waals surface area contributed by atoms with E-state index in [0.717, 1.165) is 16.7 Å². The standard InChI is InChI=1S/C25H22ClN3O3/c1-15-6-8-19(16(2)11-15)22-23(28-20-12-18(26)7-9-21(20)32-3)25(31)29(24(22)30)14-17-5-4-10-27-13-17/h4-13,28H,14H2,1-3H3. The van der Waals surface area contributed by atoms with Crippen LogP contribution in [0.3, 0.4) is 0 Å². The predicted octanol–water partition coefficient (Wildman–Crippen LogP) is 4.75. The van der Waals surface area contributed by atoms with Crippen molar-refractivity contribution in [2.24, 2.45) is 0 Å². The summed E-state index contributed by atoms with van der Waals surface area (Å²) in [5.74, 6) is -0.280. The summed E-state index contributed by atoms with van der Waals surface area (Å²) >= 11 is 6.18. The van der Waals surface area contributed by atoms with E-state index < -0.39 is 5.91 Å². The number of imide groups is 1. The fourth-order valence-corrected chi connectivity index (χ4v) is 3.94. The van der Waals surface area contributed by atoms with E-state index in [1.165, 1.54) is 12.0 Å². The first kappa shape index (κ1) is 21.6. The van der Waals surface area contributed by atoms with Crippen molar-refractivity contribution in [2.75, 3.05) is 12.4 Å². The molecule has 3 aromatic rings. The summed E-state index contributed by atoms with van der Waals surface area (Å²) in [6, 6.07) is 14.4. The maximum Gasteiger partial charge on any atom is 0.278 e. The summed E-state index contributed by atoms with van der Waals surface area (Å²) < 4.78 is 5.41. The van der Waals surface area contributed by atoms with Crippen molar-refractivity contribution >= 4 is 34.7 Å². The van der Waals surface area contributed by atoms with Gasteiger partial charge in [0.25, 0.3) is 11.8 Å². The van der Waals surface area contributed by atoms with Crippen LogP contribution in [0.15, 0.2) is 66.6 Å². The number of nitrogens with zero attached hydrogens (tertiary/aromatic N) is 2.